The number of pyridine rings is 1. The van der Waals surface area contributed by atoms with Crippen LogP contribution in [0.25, 0.3) is 22.2 Å². The van der Waals surface area contributed by atoms with Crippen molar-refractivity contribution in [1.82, 2.24) is 19.4 Å². The zero-order valence-corrected chi connectivity index (χ0v) is 25.5. The molecule has 0 bridgehead atoms. The van der Waals surface area contributed by atoms with Gasteiger partial charge in [-0.05, 0) is 68.7 Å². The molecular weight excluding hydrogens is 584 g/mol. The summed E-state index contributed by atoms with van der Waals surface area (Å²) in [5, 5.41) is 4.13. The smallest absolute Gasteiger partial charge is 0.383 e. The van der Waals surface area contributed by atoms with E-state index in [1.807, 2.05) is 13.8 Å². The van der Waals surface area contributed by atoms with Crippen LogP contribution in [0.5, 0.6) is 0 Å². The Morgan fingerprint density at radius 1 is 1.19 bits per heavy atom. The van der Waals surface area contributed by atoms with Gasteiger partial charge in [0.25, 0.3) is 5.56 Å². The summed E-state index contributed by atoms with van der Waals surface area (Å²) in [5.41, 5.74) is 1.30. The first-order valence-corrected chi connectivity index (χ1v) is 15.6. The largest absolute Gasteiger partial charge is 0.389 e. The van der Waals surface area contributed by atoms with Crippen molar-refractivity contribution in [2.75, 3.05) is 49.1 Å². The summed E-state index contributed by atoms with van der Waals surface area (Å²) < 4.78 is 61.4. The second-order valence-corrected chi connectivity index (χ2v) is 12.8. The van der Waals surface area contributed by atoms with Crippen LogP contribution in [0.2, 0.25) is 0 Å². The van der Waals surface area contributed by atoms with E-state index in [1.165, 1.54) is 12.1 Å². The van der Waals surface area contributed by atoms with E-state index >= 15 is 0 Å². The third-order valence-corrected chi connectivity index (χ3v) is 9.12. The zero-order chi connectivity index (χ0) is 30.8. The average molecular weight is 623 g/mol. The number of rotatable bonds is 11. The van der Waals surface area contributed by atoms with Gasteiger partial charge in [-0.25, -0.2) is 9.37 Å². The number of hydrogen-bond acceptors (Lipinski definition) is 8. The van der Waals surface area contributed by atoms with Crippen LogP contribution in [-0.2, 0) is 4.74 Å². The number of benzene rings is 1. The van der Waals surface area contributed by atoms with Crippen LogP contribution in [0.4, 0.5) is 29.2 Å². The van der Waals surface area contributed by atoms with Crippen molar-refractivity contribution < 1.29 is 22.3 Å². The van der Waals surface area contributed by atoms with E-state index in [0.717, 1.165) is 63.9 Å². The van der Waals surface area contributed by atoms with Gasteiger partial charge in [0.05, 0.1) is 18.7 Å². The minimum atomic E-state index is -4.27. The molecule has 3 heterocycles. The van der Waals surface area contributed by atoms with Gasteiger partial charge in [-0.1, -0.05) is 18.0 Å². The highest BCUT2D eigenvalue weighted by molar-refractivity contribution is 8.00. The maximum atomic E-state index is 14.9. The van der Waals surface area contributed by atoms with Crippen molar-refractivity contribution in [2.24, 2.45) is 5.41 Å². The predicted octanol–water partition coefficient (Wildman–Crippen LogP) is 6.49. The fourth-order valence-electron chi connectivity index (χ4n) is 6.09. The summed E-state index contributed by atoms with van der Waals surface area (Å²) in [4.78, 5) is 25.4. The Labute approximate surface area is 252 Å². The molecule has 2 aliphatic rings. The Balaban J connectivity index is 1.29. The molecule has 2 aromatic heterocycles. The van der Waals surface area contributed by atoms with E-state index in [-0.39, 0.29) is 29.1 Å². The number of ether oxygens (including phenoxy) is 1. The molecule has 3 aromatic rings. The Morgan fingerprint density at radius 3 is 2.58 bits per heavy atom. The number of fused-ring (bicyclic) bond motifs is 1. The Hall–Kier alpha value is -2.90. The van der Waals surface area contributed by atoms with Crippen molar-refractivity contribution >= 4 is 34.6 Å². The van der Waals surface area contributed by atoms with Gasteiger partial charge < -0.3 is 14.8 Å². The number of methoxy groups -OCH3 is 1. The van der Waals surface area contributed by atoms with E-state index in [1.54, 1.807) is 30.0 Å². The summed E-state index contributed by atoms with van der Waals surface area (Å²) >= 11 is 0.776. The monoisotopic (exact) mass is 622 g/mol. The van der Waals surface area contributed by atoms with Gasteiger partial charge >= 0.3 is 6.18 Å². The molecule has 1 spiro atoms. The molecule has 8 nitrogen and oxygen atoms in total. The number of hydrogen-bond donors (Lipinski definition) is 2. The second-order valence-electron chi connectivity index (χ2n) is 11.9. The van der Waals surface area contributed by atoms with Crippen LogP contribution in [0, 0.1) is 11.2 Å². The summed E-state index contributed by atoms with van der Waals surface area (Å²) in [6.07, 6.45) is 0.800. The van der Waals surface area contributed by atoms with Gasteiger partial charge in [0.2, 0.25) is 5.95 Å². The second kappa shape index (κ2) is 13.0. The average Bonchev–Trinajstić information content (AvgIpc) is 2.93. The molecule has 0 amide bonds. The minimum Gasteiger partial charge on any atom is -0.383 e. The maximum Gasteiger partial charge on any atom is 0.389 e. The molecule has 5 rings (SSSR count). The first-order valence-electron chi connectivity index (χ1n) is 14.6. The normalized spacial score (nSPS) is 17.5. The van der Waals surface area contributed by atoms with Gasteiger partial charge in [0.1, 0.15) is 11.5 Å². The first-order chi connectivity index (χ1) is 20.5. The standard InChI is InChI=1S/C30H38F4N6O2S/c1-19(2)40-26-21(14-23(27(40)41)20-4-5-25(24(31)15-20)38-43-13-10-30(32,33)34)16-35-28(37-26)36-22-6-8-29(9-7-22)17-39(18-29)11-12-42-3/h4-5,14-16,19,22,38H,6-13,17-18H2,1-3H3,(H,35,36,37). The number of aromatic nitrogens is 3. The number of anilines is 2. The number of nitrogens with one attached hydrogen (secondary N) is 2. The molecule has 43 heavy (non-hydrogen) atoms. The van der Waals surface area contributed by atoms with E-state index in [4.69, 9.17) is 9.72 Å². The lowest BCUT2D eigenvalue weighted by Gasteiger charge is -2.53. The van der Waals surface area contributed by atoms with Crippen molar-refractivity contribution in [2.45, 2.75) is 64.2 Å². The van der Waals surface area contributed by atoms with E-state index in [2.05, 4.69) is 19.9 Å². The van der Waals surface area contributed by atoms with Gasteiger partial charge in [0.15, 0.2) is 0 Å². The molecule has 1 aliphatic carbocycles. The quantitative estimate of drug-likeness (QED) is 0.143. The molecule has 1 aliphatic heterocycles. The van der Waals surface area contributed by atoms with Crippen LogP contribution in [0.15, 0.2) is 35.3 Å². The highest BCUT2D eigenvalue weighted by atomic mass is 32.2. The molecule has 1 aromatic carbocycles. The predicted molar refractivity (Wildman–Crippen MR) is 163 cm³/mol. The molecule has 2 N–H and O–H groups in total. The van der Waals surface area contributed by atoms with E-state index in [0.29, 0.717) is 33.5 Å². The molecule has 1 saturated heterocycles. The Kier molecular flexibility index (Phi) is 9.52. The van der Waals surface area contributed by atoms with E-state index in [9.17, 15) is 22.4 Å². The lowest BCUT2D eigenvalue weighted by molar-refractivity contribution is -0.129. The van der Waals surface area contributed by atoms with Crippen LogP contribution in [0.1, 0.15) is 52.0 Å². The molecule has 1 saturated carbocycles. The SMILES string of the molecule is COCCN1CC2(CCC(Nc3ncc4cc(-c5ccc(NSCCC(F)(F)F)c(F)c5)c(=O)n(C(C)C)c4n3)CC2)C1. The van der Waals surface area contributed by atoms with Crippen LogP contribution in [0.3, 0.4) is 0 Å². The fraction of sp³-hybridized carbons (Fsp3) is 0.567. The maximum absolute atomic E-state index is 14.9. The third kappa shape index (κ3) is 7.43. The van der Waals surface area contributed by atoms with E-state index < -0.39 is 18.4 Å². The number of nitrogens with zero attached hydrogens (tertiary/aromatic N) is 4. The number of alkyl halides is 3. The molecule has 0 atom stereocenters. The summed E-state index contributed by atoms with van der Waals surface area (Å²) in [6.45, 7) is 7.78. The van der Waals surface area contributed by atoms with Crippen molar-refractivity contribution in [3.05, 3.63) is 46.6 Å². The molecule has 234 valence electrons. The lowest BCUT2D eigenvalue weighted by Crippen LogP contribution is -2.58. The summed E-state index contributed by atoms with van der Waals surface area (Å²) in [6, 6.07) is 5.92. The summed E-state index contributed by atoms with van der Waals surface area (Å²) in [7, 11) is 1.73. The Morgan fingerprint density at radius 2 is 1.93 bits per heavy atom. The van der Waals surface area contributed by atoms with Gasteiger partial charge in [0, 0.05) is 61.7 Å². The zero-order valence-electron chi connectivity index (χ0n) is 24.6. The highest BCUT2D eigenvalue weighted by Crippen LogP contribution is 2.44. The van der Waals surface area contributed by atoms with Gasteiger partial charge in [-0.3, -0.25) is 14.3 Å². The van der Waals surface area contributed by atoms with Gasteiger partial charge in [-0.15, -0.1) is 0 Å². The molecule has 0 radical (unpaired) electrons. The topological polar surface area (TPSA) is 84.3 Å². The molecule has 0 unspecified atom stereocenters. The Bertz CT molecular complexity index is 1480. The lowest BCUT2D eigenvalue weighted by atomic mass is 9.67. The van der Waals surface area contributed by atoms with Gasteiger partial charge in [-0.2, -0.15) is 18.2 Å². The molecular formula is C30H38F4N6O2S. The molecule has 13 heteroatoms. The minimum absolute atomic E-state index is 0.0503. The van der Waals surface area contributed by atoms with Crippen molar-refractivity contribution in [3.8, 4) is 11.1 Å². The summed E-state index contributed by atoms with van der Waals surface area (Å²) in [5.74, 6) is -0.432. The highest BCUT2D eigenvalue weighted by Gasteiger charge is 2.44. The van der Waals surface area contributed by atoms with Crippen molar-refractivity contribution in [1.29, 1.82) is 0 Å². The fourth-order valence-corrected chi connectivity index (χ4v) is 6.85. The van der Waals surface area contributed by atoms with Crippen molar-refractivity contribution in [3.63, 3.8) is 0 Å². The number of halogens is 4. The van der Waals surface area contributed by atoms with Crippen LogP contribution >= 0.6 is 11.9 Å². The molecule has 2 fully saturated rings. The van der Waals surface area contributed by atoms with Crippen LogP contribution in [-0.4, -0.2) is 70.8 Å². The number of likely N-dealkylation sites (tertiary alicyclic amines) is 1. The third-order valence-electron chi connectivity index (χ3n) is 8.35. The van der Waals surface area contributed by atoms with Crippen LogP contribution < -0.4 is 15.6 Å². The first kappa shape index (κ1) is 31.5.